The van der Waals surface area contributed by atoms with Crippen molar-refractivity contribution in [3.8, 4) is 0 Å². The summed E-state index contributed by atoms with van der Waals surface area (Å²) < 4.78 is 5.23. The summed E-state index contributed by atoms with van der Waals surface area (Å²) in [6.45, 7) is 0.360. The number of nitrogens with zero attached hydrogens (tertiary/aromatic N) is 1. The lowest BCUT2D eigenvalue weighted by Gasteiger charge is -2.23. The zero-order valence-electron chi connectivity index (χ0n) is 11.3. The molecule has 0 radical (unpaired) electrons. The van der Waals surface area contributed by atoms with Gasteiger partial charge in [0.15, 0.2) is 0 Å². The highest BCUT2D eigenvalue weighted by atomic mass is 16.6. The summed E-state index contributed by atoms with van der Waals surface area (Å²) in [5, 5.41) is 12.0. The summed E-state index contributed by atoms with van der Waals surface area (Å²) in [7, 11) is 1.70. The van der Waals surface area contributed by atoms with Gasteiger partial charge in [-0.25, -0.2) is 4.79 Å². The van der Waals surface area contributed by atoms with Crippen molar-refractivity contribution in [1.82, 2.24) is 10.2 Å². The maximum atomic E-state index is 12.0. The van der Waals surface area contributed by atoms with Crippen LogP contribution in [0.4, 0.5) is 4.79 Å². The number of ether oxygens (including phenoxy) is 1. The first-order valence-corrected chi connectivity index (χ1v) is 6.49. The summed E-state index contributed by atoms with van der Waals surface area (Å²) in [4.78, 5) is 24.5. The molecule has 108 valence electrons. The fourth-order valence-corrected chi connectivity index (χ4v) is 2.29. The van der Waals surface area contributed by atoms with Crippen molar-refractivity contribution in [2.45, 2.75) is 19.2 Å². The van der Waals surface area contributed by atoms with E-state index in [1.54, 1.807) is 7.05 Å². The molecule has 6 nitrogen and oxygen atoms in total. The molecular weight excluding hydrogens is 260 g/mol. The zero-order chi connectivity index (χ0) is 14.5. The number of rotatable bonds is 4. The predicted molar refractivity (Wildman–Crippen MR) is 71.9 cm³/mol. The maximum Gasteiger partial charge on any atom is 0.411 e. The second-order valence-corrected chi connectivity index (χ2v) is 4.77. The van der Waals surface area contributed by atoms with Gasteiger partial charge in [0.05, 0.1) is 12.1 Å². The Morgan fingerprint density at radius 3 is 2.70 bits per heavy atom. The summed E-state index contributed by atoms with van der Waals surface area (Å²) in [6.07, 6.45) is -0.386. The first-order valence-electron chi connectivity index (χ1n) is 6.49. The van der Waals surface area contributed by atoms with Crippen LogP contribution in [0.25, 0.3) is 0 Å². The number of hydrogen-bond donors (Lipinski definition) is 2. The number of carbonyl (C=O) groups is 2. The smallest absolute Gasteiger partial charge is 0.411 e. The lowest BCUT2D eigenvalue weighted by atomic mass is 10.1. The Balaban J connectivity index is 1.92. The molecule has 0 aromatic heterocycles. The normalized spacial score (nSPS) is 21.8. The molecule has 1 aliphatic heterocycles. The van der Waals surface area contributed by atoms with Gasteiger partial charge in [0.2, 0.25) is 0 Å². The number of benzene rings is 1. The third kappa shape index (κ3) is 3.27. The molecule has 2 atom stereocenters. The Labute approximate surface area is 117 Å². The fraction of sp³-hybridized carbons (Fsp3) is 0.429. The van der Waals surface area contributed by atoms with Crippen LogP contribution >= 0.6 is 0 Å². The molecule has 0 saturated carbocycles. The number of carboxylic acid groups (broad SMARTS) is 1. The predicted octanol–water partition coefficient (Wildman–Crippen LogP) is 1.28. The minimum absolute atomic E-state index is 0.175. The Bertz CT molecular complexity index is 477. The number of aliphatic carboxylic acids is 1. The SMILES string of the molecule is CN[C@@H]1C[C@@H](C(=O)O)CN1C(=O)OCc1ccccc1. The van der Waals surface area contributed by atoms with Gasteiger partial charge in [0.1, 0.15) is 6.61 Å². The van der Waals surface area contributed by atoms with Crippen molar-refractivity contribution in [2.24, 2.45) is 5.92 Å². The topological polar surface area (TPSA) is 78.9 Å². The lowest BCUT2D eigenvalue weighted by Crippen LogP contribution is -2.43. The quantitative estimate of drug-likeness (QED) is 0.867. The molecule has 20 heavy (non-hydrogen) atoms. The molecule has 1 aromatic carbocycles. The van der Waals surface area contributed by atoms with E-state index in [0.29, 0.717) is 6.42 Å². The highest BCUT2D eigenvalue weighted by molar-refractivity contribution is 5.74. The molecule has 6 heteroatoms. The standard InChI is InChI=1S/C14H18N2O4/c1-15-12-7-11(13(17)18)8-16(12)14(19)20-9-10-5-3-2-4-6-10/h2-6,11-12,15H,7-9H2,1H3,(H,17,18)/t11-,12+/m1/s1. The van der Waals surface area contributed by atoms with Crippen molar-refractivity contribution < 1.29 is 19.4 Å². The van der Waals surface area contributed by atoms with Crippen LogP contribution in [0.3, 0.4) is 0 Å². The second kappa shape index (κ2) is 6.38. The Morgan fingerprint density at radius 1 is 1.40 bits per heavy atom. The highest BCUT2D eigenvalue weighted by Crippen LogP contribution is 2.22. The number of carboxylic acids is 1. The van der Waals surface area contributed by atoms with Crippen LogP contribution < -0.4 is 5.32 Å². The molecule has 1 heterocycles. The average Bonchev–Trinajstić information content (AvgIpc) is 2.90. The van der Waals surface area contributed by atoms with Crippen LogP contribution in [-0.4, -0.2) is 41.8 Å². The van der Waals surface area contributed by atoms with E-state index in [1.807, 2.05) is 30.3 Å². The van der Waals surface area contributed by atoms with E-state index in [-0.39, 0.29) is 19.3 Å². The molecular formula is C14H18N2O4. The molecule has 1 fully saturated rings. The van der Waals surface area contributed by atoms with Crippen LogP contribution in [0.2, 0.25) is 0 Å². The lowest BCUT2D eigenvalue weighted by molar-refractivity contribution is -0.141. The summed E-state index contributed by atoms with van der Waals surface area (Å²) >= 11 is 0. The molecule has 0 spiro atoms. The van der Waals surface area contributed by atoms with Crippen molar-refractivity contribution in [2.75, 3.05) is 13.6 Å². The van der Waals surface area contributed by atoms with E-state index >= 15 is 0 Å². The average molecular weight is 278 g/mol. The molecule has 1 aliphatic rings. The monoisotopic (exact) mass is 278 g/mol. The van der Waals surface area contributed by atoms with E-state index in [0.717, 1.165) is 5.56 Å². The van der Waals surface area contributed by atoms with Crippen LogP contribution in [0.15, 0.2) is 30.3 Å². The number of likely N-dealkylation sites (tertiary alicyclic amines) is 1. The van der Waals surface area contributed by atoms with Gasteiger partial charge in [-0.2, -0.15) is 0 Å². The molecule has 1 amide bonds. The molecule has 1 aromatic rings. The molecule has 1 saturated heterocycles. The minimum atomic E-state index is -0.886. The fourth-order valence-electron chi connectivity index (χ4n) is 2.29. The van der Waals surface area contributed by atoms with Gasteiger partial charge in [-0.05, 0) is 19.0 Å². The van der Waals surface area contributed by atoms with Gasteiger partial charge >= 0.3 is 12.1 Å². The molecule has 0 bridgehead atoms. The van der Waals surface area contributed by atoms with Gasteiger partial charge in [-0.3, -0.25) is 9.69 Å². The molecule has 0 aliphatic carbocycles. The largest absolute Gasteiger partial charge is 0.481 e. The Kier molecular flexibility index (Phi) is 4.57. The number of nitrogens with one attached hydrogen (secondary N) is 1. The molecule has 0 unspecified atom stereocenters. The van der Waals surface area contributed by atoms with Crippen molar-refractivity contribution >= 4 is 12.1 Å². The van der Waals surface area contributed by atoms with Crippen LogP contribution in [0, 0.1) is 5.92 Å². The van der Waals surface area contributed by atoms with Gasteiger partial charge in [-0.1, -0.05) is 30.3 Å². The number of carbonyl (C=O) groups excluding carboxylic acids is 1. The summed E-state index contributed by atoms with van der Waals surface area (Å²) in [5.41, 5.74) is 0.899. The van der Waals surface area contributed by atoms with E-state index in [9.17, 15) is 9.59 Å². The van der Waals surface area contributed by atoms with Gasteiger partial charge in [0, 0.05) is 6.54 Å². The Morgan fingerprint density at radius 2 is 2.10 bits per heavy atom. The zero-order valence-corrected chi connectivity index (χ0v) is 11.3. The minimum Gasteiger partial charge on any atom is -0.481 e. The first kappa shape index (κ1) is 14.3. The van der Waals surface area contributed by atoms with Crippen LogP contribution in [0.1, 0.15) is 12.0 Å². The van der Waals surface area contributed by atoms with Gasteiger partial charge in [0.25, 0.3) is 0 Å². The number of hydrogen-bond acceptors (Lipinski definition) is 4. The Hall–Kier alpha value is -2.08. The van der Waals surface area contributed by atoms with Crippen molar-refractivity contribution in [3.05, 3.63) is 35.9 Å². The maximum absolute atomic E-state index is 12.0. The highest BCUT2D eigenvalue weighted by Gasteiger charge is 2.38. The third-order valence-corrected chi connectivity index (χ3v) is 3.42. The van der Waals surface area contributed by atoms with E-state index < -0.39 is 18.0 Å². The summed E-state index contributed by atoms with van der Waals surface area (Å²) in [6, 6.07) is 9.37. The van der Waals surface area contributed by atoms with Crippen LogP contribution in [-0.2, 0) is 16.1 Å². The van der Waals surface area contributed by atoms with Gasteiger partial charge < -0.3 is 15.2 Å². The van der Waals surface area contributed by atoms with Gasteiger partial charge in [-0.15, -0.1) is 0 Å². The third-order valence-electron chi connectivity index (χ3n) is 3.42. The molecule has 2 rings (SSSR count). The van der Waals surface area contributed by atoms with Crippen molar-refractivity contribution in [1.29, 1.82) is 0 Å². The van der Waals surface area contributed by atoms with E-state index in [1.165, 1.54) is 4.90 Å². The second-order valence-electron chi connectivity index (χ2n) is 4.77. The molecule has 2 N–H and O–H groups in total. The van der Waals surface area contributed by atoms with Crippen LogP contribution in [0.5, 0.6) is 0 Å². The summed E-state index contributed by atoms with van der Waals surface area (Å²) in [5.74, 6) is -1.43. The number of amides is 1. The van der Waals surface area contributed by atoms with E-state index in [2.05, 4.69) is 5.32 Å². The first-order chi connectivity index (χ1) is 9.61. The van der Waals surface area contributed by atoms with Crippen molar-refractivity contribution in [3.63, 3.8) is 0 Å². The van der Waals surface area contributed by atoms with E-state index in [4.69, 9.17) is 9.84 Å².